The Hall–Kier alpha value is -2.08. The molecule has 2 aromatic heterocycles. The molecule has 0 aliphatic heterocycles. The molecular weight excluding hydrogens is 348 g/mol. The van der Waals surface area contributed by atoms with Crippen LogP contribution in [0.5, 0.6) is 0 Å². The summed E-state index contributed by atoms with van der Waals surface area (Å²) in [4.78, 5) is 8.88. The van der Waals surface area contributed by atoms with Crippen LogP contribution in [0.1, 0.15) is 43.3 Å². The summed E-state index contributed by atoms with van der Waals surface area (Å²) in [5.41, 5.74) is 4.79. The van der Waals surface area contributed by atoms with Crippen LogP contribution in [0.15, 0.2) is 23.3 Å². The van der Waals surface area contributed by atoms with Gasteiger partial charge in [-0.2, -0.15) is 5.10 Å². The minimum Gasteiger partial charge on any atom is -0.357 e. The molecule has 2 heterocycles. The summed E-state index contributed by atoms with van der Waals surface area (Å²) in [7, 11) is 2.01. The van der Waals surface area contributed by atoms with Crippen molar-refractivity contribution in [3.8, 4) is 0 Å². The lowest BCUT2D eigenvalue weighted by atomic mass is 10.1. The molecule has 0 amide bonds. The molecule has 0 aromatic carbocycles. The van der Waals surface area contributed by atoms with Gasteiger partial charge in [-0.15, -0.1) is 0 Å². The lowest BCUT2D eigenvalue weighted by Crippen LogP contribution is -2.38. The number of aliphatic imine (C=N–C) groups is 1. The van der Waals surface area contributed by atoms with E-state index < -0.39 is 0 Å². The Kier molecular flexibility index (Phi) is 7.91. The van der Waals surface area contributed by atoms with Crippen LogP contribution in [0.2, 0.25) is 5.15 Å². The van der Waals surface area contributed by atoms with Gasteiger partial charge in [-0.1, -0.05) is 31.5 Å². The lowest BCUT2D eigenvalue weighted by Gasteiger charge is -2.11. The highest BCUT2D eigenvalue weighted by Gasteiger charge is 2.13. The topological polar surface area (TPSA) is 67.1 Å². The fraction of sp³-hybridized carbons (Fsp3) is 0.526. The van der Waals surface area contributed by atoms with Crippen molar-refractivity contribution in [2.45, 2.75) is 46.6 Å². The second-order valence-electron chi connectivity index (χ2n) is 6.06. The van der Waals surface area contributed by atoms with Gasteiger partial charge in [0.2, 0.25) is 0 Å². The maximum Gasteiger partial charge on any atom is 0.191 e. The van der Waals surface area contributed by atoms with Crippen molar-refractivity contribution in [1.82, 2.24) is 25.4 Å². The normalized spacial score (nSPS) is 11.7. The highest BCUT2D eigenvalue weighted by molar-refractivity contribution is 6.29. The van der Waals surface area contributed by atoms with Crippen LogP contribution in [0.3, 0.4) is 0 Å². The largest absolute Gasteiger partial charge is 0.357 e. The molecule has 7 heteroatoms. The predicted octanol–water partition coefficient (Wildman–Crippen LogP) is 2.89. The summed E-state index contributed by atoms with van der Waals surface area (Å²) >= 11 is 5.83. The third-order valence-corrected chi connectivity index (χ3v) is 4.49. The summed E-state index contributed by atoms with van der Waals surface area (Å²) in [6.07, 6.45) is 4.56. The van der Waals surface area contributed by atoms with Crippen molar-refractivity contribution >= 4 is 17.6 Å². The highest BCUT2D eigenvalue weighted by Crippen LogP contribution is 2.16. The van der Waals surface area contributed by atoms with E-state index in [1.54, 1.807) is 0 Å². The van der Waals surface area contributed by atoms with Crippen LogP contribution >= 0.6 is 11.6 Å². The van der Waals surface area contributed by atoms with E-state index in [2.05, 4.69) is 41.5 Å². The number of hydrogen-bond donors (Lipinski definition) is 2. The number of halogens is 1. The van der Waals surface area contributed by atoms with Crippen LogP contribution in [0, 0.1) is 0 Å². The minimum absolute atomic E-state index is 0.520. The molecule has 26 heavy (non-hydrogen) atoms. The summed E-state index contributed by atoms with van der Waals surface area (Å²) in [5.74, 6) is 0.822. The average molecular weight is 377 g/mol. The predicted molar refractivity (Wildman–Crippen MR) is 108 cm³/mol. The molecule has 142 valence electrons. The van der Waals surface area contributed by atoms with Crippen LogP contribution in [-0.2, 0) is 32.9 Å². The smallest absolute Gasteiger partial charge is 0.191 e. The van der Waals surface area contributed by atoms with E-state index in [0.717, 1.165) is 49.6 Å². The van der Waals surface area contributed by atoms with E-state index in [9.17, 15) is 0 Å². The van der Waals surface area contributed by atoms with Gasteiger partial charge >= 0.3 is 0 Å². The van der Waals surface area contributed by atoms with E-state index >= 15 is 0 Å². The monoisotopic (exact) mass is 376 g/mol. The van der Waals surface area contributed by atoms with Gasteiger partial charge in [-0.3, -0.25) is 4.68 Å². The van der Waals surface area contributed by atoms with Crippen LogP contribution < -0.4 is 10.6 Å². The Morgan fingerprint density at radius 1 is 1.19 bits per heavy atom. The van der Waals surface area contributed by atoms with Crippen LogP contribution in [0.25, 0.3) is 0 Å². The quantitative estimate of drug-likeness (QED) is 0.422. The third-order valence-electron chi connectivity index (χ3n) is 4.26. The molecule has 0 saturated heterocycles. The summed E-state index contributed by atoms with van der Waals surface area (Å²) in [5, 5.41) is 11.8. The third kappa shape index (κ3) is 5.46. The molecule has 0 bridgehead atoms. The number of nitrogens with one attached hydrogen (secondary N) is 2. The van der Waals surface area contributed by atoms with Crippen LogP contribution in [0.4, 0.5) is 0 Å². The van der Waals surface area contributed by atoms with Crippen molar-refractivity contribution in [1.29, 1.82) is 0 Å². The Morgan fingerprint density at radius 3 is 2.62 bits per heavy atom. The number of hydrogen-bond acceptors (Lipinski definition) is 3. The Morgan fingerprint density at radius 2 is 2.00 bits per heavy atom. The van der Waals surface area contributed by atoms with E-state index in [1.807, 2.05) is 30.1 Å². The van der Waals surface area contributed by atoms with Gasteiger partial charge in [0.05, 0.1) is 12.2 Å². The molecule has 2 N–H and O–H groups in total. The molecule has 0 saturated carbocycles. The molecule has 0 aliphatic rings. The highest BCUT2D eigenvalue weighted by atomic mass is 35.5. The first kappa shape index (κ1) is 20.2. The molecule has 2 rings (SSSR count). The van der Waals surface area contributed by atoms with E-state index in [4.69, 9.17) is 16.6 Å². The molecule has 6 nitrogen and oxygen atoms in total. The minimum atomic E-state index is 0.520. The number of guanidine groups is 1. The molecule has 0 fully saturated rings. The Balaban J connectivity index is 2.01. The summed E-state index contributed by atoms with van der Waals surface area (Å²) < 4.78 is 1.98. The summed E-state index contributed by atoms with van der Waals surface area (Å²) in [6, 6.07) is 3.81. The fourth-order valence-electron chi connectivity index (χ4n) is 2.95. The van der Waals surface area contributed by atoms with E-state index in [1.165, 1.54) is 11.3 Å². The van der Waals surface area contributed by atoms with Crippen molar-refractivity contribution in [3.05, 3.63) is 46.0 Å². The van der Waals surface area contributed by atoms with Gasteiger partial charge < -0.3 is 10.6 Å². The Bertz CT molecular complexity index is 720. The zero-order valence-corrected chi connectivity index (χ0v) is 16.9. The molecule has 0 atom stereocenters. The maximum absolute atomic E-state index is 5.83. The van der Waals surface area contributed by atoms with Gasteiger partial charge in [0.25, 0.3) is 0 Å². The SMILES string of the molecule is CCNC(=NCc1c(CC)nn(C)c1CC)NCCc1ccc(Cl)nc1. The first-order valence-corrected chi connectivity index (χ1v) is 9.63. The zero-order chi connectivity index (χ0) is 18.9. The maximum atomic E-state index is 5.83. The van der Waals surface area contributed by atoms with Gasteiger partial charge in [-0.05, 0) is 37.8 Å². The van der Waals surface area contributed by atoms with Crippen LogP contribution in [-0.4, -0.2) is 33.8 Å². The number of pyridine rings is 1. The molecule has 0 unspecified atom stereocenters. The molecule has 0 radical (unpaired) electrons. The van der Waals surface area contributed by atoms with Gasteiger partial charge in [0, 0.05) is 37.6 Å². The number of rotatable bonds is 8. The van der Waals surface area contributed by atoms with E-state index in [0.29, 0.717) is 11.7 Å². The Labute approximate surface area is 161 Å². The van der Waals surface area contributed by atoms with Gasteiger partial charge in [-0.25, -0.2) is 9.98 Å². The fourth-order valence-corrected chi connectivity index (χ4v) is 3.06. The van der Waals surface area contributed by atoms with Crippen molar-refractivity contribution < 1.29 is 0 Å². The van der Waals surface area contributed by atoms with Gasteiger partial charge in [0.1, 0.15) is 5.15 Å². The van der Waals surface area contributed by atoms with Crippen molar-refractivity contribution in [3.63, 3.8) is 0 Å². The van der Waals surface area contributed by atoms with Gasteiger partial charge in [0.15, 0.2) is 5.96 Å². The molecular formula is C19H29ClN6. The zero-order valence-electron chi connectivity index (χ0n) is 16.1. The van der Waals surface area contributed by atoms with Crippen molar-refractivity contribution in [2.75, 3.05) is 13.1 Å². The second kappa shape index (κ2) is 10.2. The number of aromatic nitrogens is 3. The van der Waals surface area contributed by atoms with Crippen molar-refractivity contribution in [2.24, 2.45) is 12.0 Å². The first-order chi connectivity index (χ1) is 12.6. The molecule has 2 aromatic rings. The number of nitrogens with zero attached hydrogens (tertiary/aromatic N) is 4. The molecule has 0 aliphatic carbocycles. The lowest BCUT2D eigenvalue weighted by molar-refractivity contribution is 0.703. The van der Waals surface area contributed by atoms with E-state index in [-0.39, 0.29) is 0 Å². The molecule has 0 spiro atoms. The number of aryl methyl sites for hydroxylation is 2. The summed E-state index contributed by atoms with van der Waals surface area (Å²) in [6.45, 7) is 8.61. The average Bonchev–Trinajstić information content (AvgIpc) is 2.95. The second-order valence-corrected chi connectivity index (χ2v) is 6.45. The first-order valence-electron chi connectivity index (χ1n) is 9.25. The standard InChI is InChI=1S/C19H29ClN6/c1-5-16-15(17(6-2)26(4)25-16)13-24-19(21-7-3)22-11-10-14-8-9-18(20)23-12-14/h8-9,12H,5-7,10-11,13H2,1-4H3,(H2,21,22,24).